The van der Waals surface area contributed by atoms with Gasteiger partial charge in [0.05, 0.1) is 11.5 Å². The molecule has 2 aromatic rings. The molecular weight excluding hydrogens is 314 g/mol. The molecule has 0 aliphatic rings. The van der Waals surface area contributed by atoms with Crippen molar-refractivity contribution in [2.24, 2.45) is 7.05 Å². The molecule has 0 spiro atoms. The van der Waals surface area contributed by atoms with Crippen molar-refractivity contribution in [1.29, 1.82) is 0 Å². The maximum atomic E-state index is 11.0. The van der Waals surface area contributed by atoms with Crippen LogP contribution in [0.2, 0.25) is 0 Å². The molecule has 0 bridgehead atoms. The molecule has 0 saturated carbocycles. The smallest absolute Gasteiger partial charge is 0.312 e. The Bertz CT molecular complexity index is 613. The van der Waals surface area contributed by atoms with Crippen LogP contribution in [0.1, 0.15) is 5.82 Å². The number of halogens is 1. The van der Waals surface area contributed by atoms with Crippen LogP contribution in [0.5, 0.6) is 0 Å². The molecule has 8 heteroatoms. The molecule has 100 valence electrons. The number of hydrogen-bond donors (Lipinski definition) is 0. The molecule has 0 N–H and O–H groups in total. The molecule has 0 amide bonds. The van der Waals surface area contributed by atoms with Gasteiger partial charge in [0.15, 0.2) is 0 Å². The van der Waals surface area contributed by atoms with E-state index in [2.05, 4.69) is 25.9 Å². The highest BCUT2D eigenvalue weighted by Gasteiger charge is 2.20. The van der Waals surface area contributed by atoms with Gasteiger partial charge in [-0.3, -0.25) is 10.1 Å². The molecule has 0 atom stereocenters. The predicted molar refractivity (Wildman–Crippen MR) is 73.9 cm³/mol. The fourth-order valence-electron chi connectivity index (χ4n) is 1.69. The zero-order valence-electron chi connectivity index (χ0n) is 10.4. The van der Waals surface area contributed by atoms with E-state index in [0.29, 0.717) is 16.8 Å². The van der Waals surface area contributed by atoms with Crippen molar-refractivity contribution in [2.75, 3.05) is 11.9 Å². The molecule has 0 aliphatic carbocycles. The lowest BCUT2D eigenvalue weighted by molar-refractivity contribution is -0.384. The summed E-state index contributed by atoms with van der Waals surface area (Å²) in [5.74, 6) is 1.12. The standard InChI is InChI=1S/C11H12BrN5O2/c1-15-4-3-13-10(15)7-16(2)11-9(17(18)19)5-8(12)6-14-11/h3-6H,7H2,1-2H3. The second kappa shape index (κ2) is 5.35. The van der Waals surface area contributed by atoms with Crippen molar-refractivity contribution in [3.8, 4) is 0 Å². The maximum Gasteiger partial charge on any atom is 0.312 e. The van der Waals surface area contributed by atoms with Crippen molar-refractivity contribution >= 4 is 27.4 Å². The van der Waals surface area contributed by atoms with Gasteiger partial charge in [-0.1, -0.05) is 0 Å². The molecule has 0 aromatic carbocycles. The van der Waals surface area contributed by atoms with Crippen LogP contribution in [-0.4, -0.2) is 26.5 Å². The van der Waals surface area contributed by atoms with E-state index in [-0.39, 0.29) is 5.69 Å². The first kappa shape index (κ1) is 13.5. The van der Waals surface area contributed by atoms with Gasteiger partial charge in [0, 0.05) is 43.2 Å². The molecule has 0 fully saturated rings. The summed E-state index contributed by atoms with van der Waals surface area (Å²) in [6, 6.07) is 1.44. The largest absolute Gasteiger partial charge is 0.346 e. The van der Waals surface area contributed by atoms with E-state index in [1.807, 2.05) is 17.8 Å². The number of hydrogen-bond acceptors (Lipinski definition) is 5. The van der Waals surface area contributed by atoms with E-state index >= 15 is 0 Å². The number of aryl methyl sites for hydroxylation is 1. The summed E-state index contributed by atoms with van der Waals surface area (Å²) in [7, 11) is 3.62. The highest BCUT2D eigenvalue weighted by atomic mass is 79.9. The number of aromatic nitrogens is 3. The summed E-state index contributed by atoms with van der Waals surface area (Å²) in [5, 5.41) is 11.0. The molecule has 0 aliphatic heterocycles. The van der Waals surface area contributed by atoms with Crippen LogP contribution in [0.25, 0.3) is 0 Å². The van der Waals surface area contributed by atoms with Crippen LogP contribution in [0.4, 0.5) is 11.5 Å². The van der Waals surface area contributed by atoms with Gasteiger partial charge in [-0.05, 0) is 15.9 Å². The van der Waals surface area contributed by atoms with Gasteiger partial charge < -0.3 is 9.47 Å². The number of rotatable bonds is 4. The fourth-order valence-corrected chi connectivity index (χ4v) is 2.00. The lowest BCUT2D eigenvalue weighted by Gasteiger charge is -2.17. The van der Waals surface area contributed by atoms with E-state index in [1.165, 1.54) is 12.3 Å². The fraction of sp³-hybridized carbons (Fsp3) is 0.273. The topological polar surface area (TPSA) is 77.1 Å². The zero-order valence-corrected chi connectivity index (χ0v) is 12.0. The van der Waals surface area contributed by atoms with Crippen molar-refractivity contribution < 1.29 is 4.92 Å². The Morgan fingerprint density at radius 1 is 1.53 bits per heavy atom. The summed E-state index contributed by atoms with van der Waals surface area (Å²) in [6.07, 6.45) is 5.05. The average Bonchev–Trinajstić information content (AvgIpc) is 2.74. The molecule has 2 heterocycles. The van der Waals surface area contributed by atoms with Gasteiger partial charge in [0.2, 0.25) is 5.82 Å². The van der Waals surface area contributed by atoms with Gasteiger partial charge in [-0.2, -0.15) is 0 Å². The average molecular weight is 326 g/mol. The van der Waals surface area contributed by atoms with Gasteiger partial charge >= 0.3 is 5.69 Å². The van der Waals surface area contributed by atoms with E-state index in [4.69, 9.17) is 0 Å². The minimum absolute atomic E-state index is 0.0360. The van der Waals surface area contributed by atoms with E-state index < -0.39 is 4.92 Å². The lowest BCUT2D eigenvalue weighted by atomic mass is 10.3. The normalized spacial score (nSPS) is 10.5. The van der Waals surface area contributed by atoms with Gasteiger partial charge in [-0.15, -0.1) is 0 Å². The van der Waals surface area contributed by atoms with Crippen molar-refractivity contribution in [1.82, 2.24) is 14.5 Å². The third-order valence-electron chi connectivity index (χ3n) is 2.67. The van der Waals surface area contributed by atoms with Gasteiger partial charge in [0.1, 0.15) is 5.82 Å². The highest BCUT2D eigenvalue weighted by Crippen LogP contribution is 2.28. The Balaban J connectivity index is 2.31. The number of imidazole rings is 1. The summed E-state index contributed by atoms with van der Waals surface area (Å²) in [5.41, 5.74) is -0.0360. The summed E-state index contributed by atoms with van der Waals surface area (Å²) in [4.78, 5) is 20.6. The summed E-state index contributed by atoms with van der Waals surface area (Å²) in [6.45, 7) is 0.443. The number of anilines is 1. The molecule has 2 aromatic heterocycles. The monoisotopic (exact) mass is 325 g/mol. The van der Waals surface area contributed by atoms with Crippen LogP contribution in [0.15, 0.2) is 29.1 Å². The molecule has 0 radical (unpaired) electrons. The minimum Gasteiger partial charge on any atom is -0.346 e. The van der Waals surface area contributed by atoms with Crippen LogP contribution in [0.3, 0.4) is 0 Å². The Kier molecular flexibility index (Phi) is 3.79. The second-order valence-corrected chi connectivity index (χ2v) is 4.98. The van der Waals surface area contributed by atoms with Crippen molar-refractivity contribution in [3.63, 3.8) is 0 Å². The van der Waals surface area contributed by atoms with Crippen LogP contribution in [0, 0.1) is 10.1 Å². The Morgan fingerprint density at radius 2 is 2.26 bits per heavy atom. The van der Waals surface area contributed by atoms with Crippen LogP contribution in [-0.2, 0) is 13.6 Å². The zero-order chi connectivity index (χ0) is 14.0. The van der Waals surface area contributed by atoms with E-state index in [9.17, 15) is 10.1 Å². The summed E-state index contributed by atoms with van der Waals surface area (Å²) < 4.78 is 2.44. The quantitative estimate of drug-likeness (QED) is 0.635. The first-order valence-electron chi connectivity index (χ1n) is 5.46. The number of nitrogens with zero attached hydrogens (tertiary/aromatic N) is 5. The molecule has 0 unspecified atom stereocenters. The van der Waals surface area contributed by atoms with Crippen LogP contribution < -0.4 is 4.90 Å². The molecule has 7 nitrogen and oxygen atoms in total. The van der Waals surface area contributed by atoms with Crippen LogP contribution >= 0.6 is 15.9 Å². The number of pyridine rings is 1. The Labute approximate surface area is 118 Å². The number of nitro groups is 1. The molecular formula is C11H12BrN5O2. The van der Waals surface area contributed by atoms with E-state index in [1.54, 1.807) is 18.1 Å². The Hall–Kier alpha value is -1.96. The SMILES string of the molecule is CN(Cc1nccn1C)c1ncc(Br)cc1[N+](=O)[O-]. The van der Waals surface area contributed by atoms with E-state index in [0.717, 1.165) is 5.82 Å². The van der Waals surface area contributed by atoms with Gasteiger partial charge in [0.25, 0.3) is 0 Å². The second-order valence-electron chi connectivity index (χ2n) is 4.06. The molecule has 2 rings (SSSR count). The third-order valence-corrected chi connectivity index (χ3v) is 3.11. The molecule has 19 heavy (non-hydrogen) atoms. The lowest BCUT2D eigenvalue weighted by Crippen LogP contribution is -2.21. The molecule has 0 saturated heterocycles. The van der Waals surface area contributed by atoms with Crippen molar-refractivity contribution in [3.05, 3.63) is 45.1 Å². The maximum absolute atomic E-state index is 11.0. The first-order valence-corrected chi connectivity index (χ1v) is 6.25. The Morgan fingerprint density at radius 3 is 2.84 bits per heavy atom. The van der Waals surface area contributed by atoms with Gasteiger partial charge in [-0.25, -0.2) is 9.97 Å². The first-order chi connectivity index (χ1) is 8.99. The minimum atomic E-state index is -0.442. The third kappa shape index (κ3) is 2.90. The predicted octanol–water partition coefficient (Wildman–Crippen LogP) is 2.12. The summed E-state index contributed by atoms with van der Waals surface area (Å²) >= 11 is 3.18. The van der Waals surface area contributed by atoms with Crippen molar-refractivity contribution in [2.45, 2.75) is 6.54 Å². The highest BCUT2D eigenvalue weighted by molar-refractivity contribution is 9.10.